The monoisotopic (exact) mass is 396 g/mol. The molecule has 0 bridgehead atoms. The molecule has 0 aromatic heterocycles. The minimum atomic E-state index is -0.943. The highest BCUT2D eigenvalue weighted by Gasteiger charge is 2.39. The van der Waals surface area contributed by atoms with Crippen molar-refractivity contribution in [3.05, 3.63) is 27.3 Å². The molecular formula is C13H15F2IN2O2. The minimum absolute atomic E-state index is 0.0936. The lowest BCUT2D eigenvalue weighted by molar-refractivity contribution is -0.140. The summed E-state index contributed by atoms with van der Waals surface area (Å²) in [6.45, 7) is 1.33. The average Bonchev–Trinajstić information content (AvgIpc) is 2.45. The summed E-state index contributed by atoms with van der Waals surface area (Å²) in [5.41, 5.74) is -0.846. The van der Waals surface area contributed by atoms with Crippen LogP contribution < -0.4 is 10.6 Å². The van der Waals surface area contributed by atoms with Crippen LogP contribution in [0.1, 0.15) is 12.8 Å². The van der Waals surface area contributed by atoms with Gasteiger partial charge in [-0.05, 0) is 60.7 Å². The van der Waals surface area contributed by atoms with E-state index in [2.05, 4.69) is 10.6 Å². The molecule has 4 nitrogen and oxygen atoms in total. The molecule has 1 fully saturated rings. The fourth-order valence-electron chi connectivity index (χ4n) is 2.23. The van der Waals surface area contributed by atoms with E-state index >= 15 is 0 Å². The van der Waals surface area contributed by atoms with Crippen molar-refractivity contribution in [1.82, 2.24) is 5.32 Å². The number of amides is 1. The van der Waals surface area contributed by atoms with E-state index < -0.39 is 17.2 Å². The molecule has 20 heavy (non-hydrogen) atoms. The van der Waals surface area contributed by atoms with Crippen LogP contribution in [0.2, 0.25) is 0 Å². The Kier molecular flexibility index (Phi) is 4.92. The highest BCUT2D eigenvalue weighted by atomic mass is 127. The molecule has 0 unspecified atom stereocenters. The predicted octanol–water partition coefficient (Wildman–Crippen LogP) is 2.28. The maximum absolute atomic E-state index is 13.5. The van der Waals surface area contributed by atoms with Crippen LogP contribution in [0.5, 0.6) is 0 Å². The lowest BCUT2D eigenvalue weighted by Gasteiger charge is -2.34. The highest BCUT2D eigenvalue weighted by Crippen LogP contribution is 2.26. The van der Waals surface area contributed by atoms with Crippen LogP contribution in [0.15, 0.2) is 12.1 Å². The van der Waals surface area contributed by atoms with Crippen molar-refractivity contribution in [2.24, 2.45) is 0 Å². The van der Waals surface area contributed by atoms with E-state index in [9.17, 15) is 13.6 Å². The van der Waals surface area contributed by atoms with E-state index in [0.29, 0.717) is 25.9 Å². The van der Waals surface area contributed by atoms with Crippen LogP contribution in [0.3, 0.4) is 0 Å². The first kappa shape index (κ1) is 15.6. The Morgan fingerprint density at radius 1 is 1.35 bits per heavy atom. The first-order valence-electron chi connectivity index (χ1n) is 6.20. The van der Waals surface area contributed by atoms with Crippen molar-refractivity contribution in [1.29, 1.82) is 0 Å². The number of nitrogens with one attached hydrogen (secondary N) is 2. The van der Waals surface area contributed by atoms with E-state index in [1.54, 1.807) is 22.6 Å². The van der Waals surface area contributed by atoms with Crippen molar-refractivity contribution in [2.75, 3.05) is 25.5 Å². The number of piperidine rings is 1. The van der Waals surface area contributed by atoms with Crippen molar-refractivity contribution >= 4 is 34.2 Å². The van der Waals surface area contributed by atoms with Crippen LogP contribution in [-0.4, -0.2) is 31.7 Å². The summed E-state index contributed by atoms with van der Waals surface area (Å²) in [6, 6.07) is 2.21. The van der Waals surface area contributed by atoms with Gasteiger partial charge < -0.3 is 15.4 Å². The van der Waals surface area contributed by atoms with Gasteiger partial charge in [0.2, 0.25) is 0 Å². The highest BCUT2D eigenvalue weighted by molar-refractivity contribution is 14.1. The number of methoxy groups -OCH3 is 1. The van der Waals surface area contributed by atoms with Crippen molar-refractivity contribution in [2.45, 2.75) is 18.4 Å². The molecule has 1 amide bonds. The fraction of sp³-hybridized carbons (Fsp3) is 0.462. The number of hydrogen-bond donors (Lipinski definition) is 2. The second-order valence-corrected chi connectivity index (χ2v) is 5.74. The third-order valence-electron chi connectivity index (χ3n) is 3.46. The van der Waals surface area contributed by atoms with Gasteiger partial charge in [-0.2, -0.15) is 0 Å². The molecular weight excluding hydrogens is 381 g/mol. The van der Waals surface area contributed by atoms with E-state index in [0.717, 1.165) is 12.1 Å². The summed E-state index contributed by atoms with van der Waals surface area (Å²) < 4.78 is 32.2. The second-order valence-electron chi connectivity index (χ2n) is 4.66. The molecule has 2 N–H and O–H groups in total. The first-order valence-corrected chi connectivity index (χ1v) is 7.28. The van der Waals surface area contributed by atoms with E-state index in [1.807, 2.05) is 0 Å². The molecule has 1 aromatic rings. The topological polar surface area (TPSA) is 50.4 Å². The molecule has 2 rings (SSSR count). The number of halogens is 3. The van der Waals surface area contributed by atoms with Gasteiger partial charge in [-0.3, -0.25) is 4.79 Å². The van der Waals surface area contributed by atoms with Crippen LogP contribution in [0.4, 0.5) is 14.5 Å². The summed E-state index contributed by atoms with van der Waals surface area (Å²) in [5, 5.41) is 5.67. The van der Waals surface area contributed by atoms with Gasteiger partial charge in [0.05, 0.1) is 3.57 Å². The molecule has 1 saturated heterocycles. The zero-order chi connectivity index (χ0) is 14.8. The Hall–Kier alpha value is -0.800. The molecule has 1 aliphatic rings. The maximum atomic E-state index is 13.5. The Bertz CT molecular complexity index is 496. The second kappa shape index (κ2) is 6.31. The Labute approximate surface area is 129 Å². The van der Waals surface area contributed by atoms with Gasteiger partial charge >= 0.3 is 0 Å². The minimum Gasteiger partial charge on any atom is -0.368 e. The average molecular weight is 396 g/mol. The maximum Gasteiger partial charge on any atom is 0.256 e. The Morgan fingerprint density at radius 3 is 2.40 bits per heavy atom. The van der Waals surface area contributed by atoms with Gasteiger partial charge in [-0.1, -0.05) is 0 Å². The number of hydrogen-bond acceptors (Lipinski definition) is 3. The molecule has 1 heterocycles. The number of rotatable bonds is 3. The summed E-state index contributed by atoms with van der Waals surface area (Å²) in [5.74, 6) is -1.77. The fourth-order valence-corrected chi connectivity index (χ4v) is 2.54. The predicted molar refractivity (Wildman–Crippen MR) is 79.5 cm³/mol. The number of benzene rings is 1. The molecule has 0 atom stereocenters. The molecule has 7 heteroatoms. The van der Waals surface area contributed by atoms with Gasteiger partial charge in [-0.15, -0.1) is 0 Å². The van der Waals surface area contributed by atoms with Gasteiger partial charge in [-0.25, -0.2) is 8.78 Å². The molecule has 1 aromatic carbocycles. The summed E-state index contributed by atoms with van der Waals surface area (Å²) >= 11 is 1.58. The third-order valence-corrected chi connectivity index (χ3v) is 4.49. The van der Waals surface area contributed by atoms with Gasteiger partial charge in [0.15, 0.2) is 0 Å². The number of carbonyl (C=O) groups excluding carboxylic acids is 1. The van der Waals surface area contributed by atoms with Crippen LogP contribution in [0.25, 0.3) is 0 Å². The number of ether oxygens (including phenoxy) is 1. The van der Waals surface area contributed by atoms with Crippen LogP contribution >= 0.6 is 22.6 Å². The molecule has 0 aliphatic carbocycles. The zero-order valence-electron chi connectivity index (χ0n) is 10.9. The summed E-state index contributed by atoms with van der Waals surface area (Å²) in [4.78, 5) is 12.3. The summed E-state index contributed by atoms with van der Waals surface area (Å²) in [7, 11) is 1.47. The third kappa shape index (κ3) is 3.09. The SMILES string of the molecule is COC1(C(=O)Nc2cc(F)c(I)c(F)c2)CCNCC1. The largest absolute Gasteiger partial charge is 0.368 e. The van der Waals surface area contributed by atoms with Crippen molar-refractivity contribution in [3.63, 3.8) is 0 Å². The van der Waals surface area contributed by atoms with Crippen molar-refractivity contribution < 1.29 is 18.3 Å². The van der Waals surface area contributed by atoms with E-state index in [1.165, 1.54) is 7.11 Å². The van der Waals surface area contributed by atoms with Gasteiger partial charge in [0.25, 0.3) is 5.91 Å². The molecule has 1 aliphatic heterocycles. The molecule has 110 valence electrons. The number of carbonyl (C=O) groups is 1. The lowest BCUT2D eigenvalue weighted by atomic mass is 9.91. The molecule has 0 radical (unpaired) electrons. The smallest absolute Gasteiger partial charge is 0.256 e. The quantitative estimate of drug-likeness (QED) is 0.609. The lowest BCUT2D eigenvalue weighted by Crippen LogP contribution is -2.51. The summed E-state index contributed by atoms with van der Waals surface area (Å²) in [6.07, 6.45) is 1.04. The van der Waals surface area contributed by atoms with Crippen molar-refractivity contribution in [3.8, 4) is 0 Å². The van der Waals surface area contributed by atoms with Gasteiger partial charge in [0, 0.05) is 12.8 Å². The molecule has 0 spiro atoms. The Balaban J connectivity index is 2.18. The van der Waals surface area contributed by atoms with E-state index in [4.69, 9.17) is 4.74 Å². The van der Waals surface area contributed by atoms with E-state index in [-0.39, 0.29) is 15.2 Å². The molecule has 0 saturated carbocycles. The normalized spacial score (nSPS) is 17.8. The van der Waals surface area contributed by atoms with Gasteiger partial charge in [0.1, 0.15) is 17.2 Å². The first-order chi connectivity index (χ1) is 9.48. The van der Waals surface area contributed by atoms with Crippen LogP contribution in [0, 0.1) is 15.2 Å². The Morgan fingerprint density at radius 2 is 1.90 bits per heavy atom. The number of anilines is 1. The zero-order valence-corrected chi connectivity index (χ0v) is 13.1. The standard InChI is InChI=1S/C13H15F2IN2O2/c1-20-13(2-4-17-5-3-13)12(19)18-8-6-9(14)11(16)10(15)7-8/h6-7,17H,2-5H2,1H3,(H,18,19). The van der Waals surface area contributed by atoms with Crippen LogP contribution in [-0.2, 0) is 9.53 Å².